The summed E-state index contributed by atoms with van der Waals surface area (Å²) in [4.78, 5) is 34.2. The predicted octanol–water partition coefficient (Wildman–Crippen LogP) is 2.33. The van der Waals surface area contributed by atoms with Crippen LogP contribution in [0.4, 0.5) is 5.69 Å². The lowest BCUT2D eigenvalue weighted by Gasteiger charge is -2.10. The van der Waals surface area contributed by atoms with E-state index in [0.717, 1.165) is 6.07 Å². The monoisotopic (exact) mass is 349 g/mol. The summed E-state index contributed by atoms with van der Waals surface area (Å²) in [5.74, 6) is -1.18. The number of methoxy groups -OCH3 is 1. The van der Waals surface area contributed by atoms with E-state index in [1.807, 2.05) is 0 Å². The maximum atomic E-state index is 12.1. The molecule has 8 nitrogen and oxygen atoms in total. The molecule has 0 saturated heterocycles. The first-order valence-electron chi connectivity index (χ1n) is 6.61. The lowest BCUT2D eigenvalue weighted by molar-refractivity contribution is -0.384. The van der Waals surface area contributed by atoms with E-state index in [2.05, 4.69) is 10.9 Å². The van der Waals surface area contributed by atoms with Gasteiger partial charge in [0.25, 0.3) is 17.5 Å². The second-order valence-electron chi connectivity index (χ2n) is 4.56. The zero-order chi connectivity index (χ0) is 17.7. The number of hydrogen-bond donors (Lipinski definition) is 2. The maximum Gasteiger partial charge on any atom is 0.273 e. The summed E-state index contributed by atoms with van der Waals surface area (Å²) in [5.41, 5.74) is 4.32. The molecular formula is C15H12ClN3O5. The molecule has 124 valence electrons. The quantitative estimate of drug-likeness (QED) is 0.650. The van der Waals surface area contributed by atoms with Gasteiger partial charge in [-0.1, -0.05) is 11.6 Å². The van der Waals surface area contributed by atoms with E-state index in [4.69, 9.17) is 16.3 Å². The highest BCUT2D eigenvalue weighted by Gasteiger charge is 2.18. The Bertz CT molecular complexity index is 792. The molecule has 9 heteroatoms. The van der Waals surface area contributed by atoms with Crippen molar-refractivity contribution in [1.82, 2.24) is 10.9 Å². The Morgan fingerprint density at radius 3 is 2.29 bits per heavy atom. The molecule has 0 aliphatic heterocycles. The number of non-ortho nitro benzene ring substituents is 1. The molecule has 0 unspecified atom stereocenters. The van der Waals surface area contributed by atoms with E-state index in [1.165, 1.54) is 43.5 Å². The van der Waals surface area contributed by atoms with E-state index < -0.39 is 16.7 Å². The first-order valence-corrected chi connectivity index (χ1v) is 6.99. The highest BCUT2D eigenvalue weighted by Crippen LogP contribution is 2.23. The smallest absolute Gasteiger partial charge is 0.273 e. The van der Waals surface area contributed by atoms with Gasteiger partial charge in [-0.2, -0.15) is 0 Å². The molecule has 2 amide bonds. The van der Waals surface area contributed by atoms with Gasteiger partial charge in [0, 0.05) is 22.7 Å². The van der Waals surface area contributed by atoms with Crippen molar-refractivity contribution in [3.8, 4) is 5.75 Å². The summed E-state index contributed by atoms with van der Waals surface area (Å²) in [6.07, 6.45) is 0. The van der Waals surface area contributed by atoms with Gasteiger partial charge in [0.15, 0.2) is 0 Å². The molecule has 2 aromatic carbocycles. The molecule has 2 rings (SSSR count). The predicted molar refractivity (Wildman–Crippen MR) is 86.0 cm³/mol. The third kappa shape index (κ3) is 3.99. The average molecular weight is 350 g/mol. The average Bonchev–Trinajstić information content (AvgIpc) is 2.59. The van der Waals surface area contributed by atoms with Gasteiger partial charge in [0.1, 0.15) is 5.75 Å². The number of hydrogen-bond acceptors (Lipinski definition) is 5. The number of amides is 2. The minimum absolute atomic E-state index is 0.0805. The van der Waals surface area contributed by atoms with Gasteiger partial charge in [-0.15, -0.1) is 0 Å². The van der Waals surface area contributed by atoms with Crippen molar-refractivity contribution >= 4 is 29.1 Å². The molecule has 0 heterocycles. The molecule has 0 radical (unpaired) electrons. The normalized spacial score (nSPS) is 9.92. The van der Waals surface area contributed by atoms with Gasteiger partial charge in [0.2, 0.25) is 0 Å². The highest BCUT2D eigenvalue weighted by molar-refractivity contribution is 6.30. The topological polar surface area (TPSA) is 111 Å². The van der Waals surface area contributed by atoms with Crippen LogP contribution in [0.3, 0.4) is 0 Å². The van der Waals surface area contributed by atoms with Crippen LogP contribution in [0.25, 0.3) is 0 Å². The second-order valence-corrected chi connectivity index (χ2v) is 4.99. The molecule has 0 aliphatic rings. The zero-order valence-corrected chi connectivity index (χ0v) is 13.2. The Kier molecular flexibility index (Phi) is 5.33. The number of carbonyl (C=O) groups excluding carboxylic acids is 2. The lowest BCUT2D eigenvalue weighted by Crippen LogP contribution is -2.41. The van der Waals surface area contributed by atoms with Crippen molar-refractivity contribution in [3.05, 3.63) is 68.7 Å². The van der Waals surface area contributed by atoms with E-state index in [-0.39, 0.29) is 22.6 Å². The highest BCUT2D eigenvalue weighted by atomic mass is 35.5. The largest absolute Gasteiger partial charge is 0.496 e. The number of nitro groups is 1. The number of benzene rings is 2. The number of nitrogens with zero attached hydrogens (tertiary/aromatic N) is 1. The third-order valence-corrected chi connectivity index (χ3v) is 3.29. The van der Waals surface area contributed by atoms with Gasteiger partial charge < -0.3 is 4.74 Å². The van der Waals surface area contributed by atoms with Crippen LogP contribution in [0.2, 0.25) is 5.02 Å². The molecule has 0 fully saturated rings. The summed E-state index contributed by atoms with van der Waals surface area (Å²) in [5, 5.41) is 11.3. The number of rotatable bonds is 4. The molecule has 2 aromatic rings. The number of halogens is 1. The van der Waals surface area contributed by atoms with Crippen molar-refractivity contribution in [2.45, 2.75) is 0 Å². The summed E-state index contributed by atoms with van der Waals surface area (Å²) in [6.45, 7) is 0. The van der Waals surface area contributed by atoms with Crippen LogP contribution in [-0.2, 0) is 0 Å². The van der Waals surface area contributed by atoms with Crippen LogP contribution < -0.4 is 15.6 Å². The van der Waals surface area contributed by atoms with Crippen molar-refractivity contribution in [2.24, 2.45) is 0 Å². The Labute approximate surface area is 141 Å². The summed E-state index contributed by atoms with van der Waals surface area (Å²) >= 11 is 5.73. The van der Waals surface area contributed by atoms with Gasteiger partial charge in [-0.25, -0.2) is 0 Å². The number of hydrazine groups is 1. The second kappa shape index (κ2) is 7.42. The fourth-order valence-corrected chi connectivity index (χ4v) is 1.97. The van der Waals surface area contributed by atoms with E-state index in [0.29, 0.717) is 5.02 Å². The van der Waals surface area contributed by atoms with Gasteiger partial charge in [-0.05, 0) is 30.3 Å². The maximum absolute atomic E-state index is 12.1. The first kappa shape index (κ1) is 17.2. The van der Waals surface area contributed by atoms with Crippen LogP contribution in [0, 0.1) is 10.1 Å². The standard InChI is InChI=1S/C15H12ClN3O5/c1-24-13-7-6-11(19(22)23)8-12(13)15(21)18-17-14(20)9-2-4-10(16)5-3-9/h2-8H,1H3,(H,17,20)(H,18,21). The van der Waals surface area contributed by atoms with Crippen LogP contribution in [0.15, 0.2) is 42.5 Å². The molecule has 0 spiro atoms. The zero-order valence-electron chi connectivity index (χ0n) is 12.4. The molecule has 0 saturated carbocycles. The van der Waals surface area contributed by atoms with Crippen molar-refractivity contribution in [1.29, 1.82) is 0 Å². The van der Waals surface area contributed by atoms with Crippen molar-refractivity contribution in [2.75, 3.05) is 7.11 Å². The molecule has 0 bridgehead atoms. The Hall–Kier alpha value is -3.13. The number of nitrogens with one attached hydrogen (secondary N) is 2. The van der Waals surface area contributed by atoms with Crippen LogP contribution in [0.5, 0.6) is 5.75 Å². The van der Waals surface area contributed by atoms with E-state index in [1.54, 1.807) is 0 Å². The molecule has 2 N–H and O–H groups in total. The SMILES string of the molecule is COc1ccc([N+](=O)[O-])cc1C(=O)NNC(=O)c1ccc(Cl)cc1. The van der Waals surface area contributed by atoms with Crippen LogP contribution >= 0.6 is 11.6 Å². The fraction of sp³-hybridized carbons (Fsp3) is 0.0667. The summed E-state index contributed by atoms with van der Waals surface area (Å²) < 4.78 is 5.00. The Morgan fingerprint density at radius 2 is 1.71 bits per heavy atom. The lowest BCUT2D eigenvalue weighted by atomic mass is 10.1. The molecule has 0 aliphatic carbocycles. The molecule has 0 atom stereocenters. The summed E-state index contributed by atoms with van der Waals surface area (Å²) in [7, 11) is 1.32. The molecule has 24 heavy (non-hydrogen) atoms. The molecular weight excluding hydrogens is 338 g/mol. The van der Waals surface area contributed by atoms with Gasteiger partial charge >= 0.3 is 0 Å². The Morgan fingerprint density at radius 1 is 1.08 bits per heavy atom. The third-order valence-electron chi connectivity index (χ3n) is 3.03. The van der Waals surface area contributed by atoms with Gasteiger partial charge in [0.05, 0.1) is 17.6 Å². The van der Waals surface area contributed by atoms with Crippen LogP contribution in [-0.4, -0.2) is 23.8 Å². The Balaban J connectivity index is 2.11. The number of carbonyl (C=O) groups is 2. The van der Waals surface area contributed by atoms with Crippen LogP contribution in [0.1, 0.15) is 20.7 Å². The minimum Gasteiger partial charge on any atom is -0.496 e. The van der Waals surface area contributed by atoms with Crippen molar-refractivity contribution in [3.63, 3.8) is 0 Å². The minimum atomic E-state index is -0.752. The summed E-state index contributed by atoms with van der Waals surface area (Å²) in [6, 6.07) is 9.60. The van der Waals surface area contributed by atoms with E-state index in [9.17, 15) is 19.7 Å². The molecule has 0 aromatic heterocycles. The fourth-order valence-electron chi connectivity index (χ4n) is 1.84. The number of ether oxygens (including phenoxy) is 1. The first-order chi connectivity index (χ1) is 11.4. The number of nitro benzene ring substituents is 1. The van der Waals surface area contributed by atoms with Crippen molar-refractivity contribution < 1.29 is 19.2 Å². The van der Waals surface area contributed by atoms with Gasteiger partial charge in [-0.3, -0.25) is 30.6 Å². The van der Waals surface area contributed by atoms with E-state index >= 15 is 0 Å².